The minimum absolute atomic E-state index is 0.101. The number of hydrogen-bond acceptors (Lipinski definition) is 4. The van der Waals surface area contributed by atoms with Gasteiger partial charge >= 0.3 is 6.36 Å². The summed E-state index contributed by atoms with van der Waals surface area (Å²) in [6.45, 7) is 1.58. The van der Waals surface area contributed by atoms with E-state index in [1.54, 1.807) is 18.9 Å². The smallest absolute Gasteiger partial charge is 0.406 e. The van der Waals surface area contributed by atoms with Gasteiger partial charge in [-0.25, -0.2) is 0 Å². The predicted octanol–water partition coefficient (Wildman–Crippen LogP) is 5.15. The van der Waals surface area contributed by atoms with Crippen LogP contribution in [0.2, 0.25) is 0 Å². The number of rotatable bonds is 8. The molecule has 2 amide bonds. The molecule has 0 bridgehead atoms. The number of likely N-dealkylation sites (N-methyl/N-ethyl adjacent to an activating group) is 1. The molecule has 0 radical (unpaired) electrons. The Labute approximate surface area is 195 Å². The number of carbonyl (C=O) groups is 2. The minimum Gasteiger partial charge on any atom is -0.406 e. The van der Waals surface area contributed by atoms with Gasteiger partial charge in [-0.15, -0.1) is 13.2 Å². The first-order chi connectivity index (χ1) is 16.1. The van der Waals surface area contributed by atoms with Gasteiger partial charge in [-0.3, -0.25) is 14.5 Å². The van der Waals surface area contributed by atoms with Gasteiger partial charge in [0.15, 0.2) is 0 Å². The lowest BCUT2D eigenvalue weighted by Crippen LogP contribution is -2.43. The third-order valence-electron chi connectivity index (χ3n) is 5.07. The van der Waals surface area contributed by atoms with E-state index in [1.807, 2.05) is 54.6 Å². The maximum atomic E-state index is 12.8. The number of para-hydroxylation sites is 1. The largest absolute Gasteiger partial charge is 0.573 e. The molecule has 0 aliphatic rings. The van der Waals surface area contributed by atoms with Gasteiger partial charge in [-0.05, 0) is 49.9 Å². The molecule has 0 aliphatic heterocycles. The van der Waals surface area contributed by atoms with Gasteiger partial charge in [-0.1, -0.05) is 48.5 Å². The molecule has 0 spiro atoms. The maximum absolute atomic E-state index is 12.8. The number of hydrogen-bond donors (Lipinski definition) is 2. The van der Waals surface area contributed by atoms with Crippen molar-refractivity contribution in [3.8, 4) is 16.9 Å². The van der Waals surface area contributed by atoms with E-state index in [-0.39, 0.29) is 18.2 Å². The van der Waals surface area contributed by atoms with E-state index < -0.39 is 18.3 Å². The third kappa shape index (κ3) is 7.08. The molecule has 0 aliphatic carbocycles. The highest BCUT2D eigenvalue weighted by atomic mass is 19.4. The molecule has 3 aromatic carbocycles. The predicted molar refractivity (Wildman–Crippen MR) is 124 cm³/mol. The number of nitrogens with zero attached hydrogens (tertiary/aromatic N) is 1. The molecule has 178 valence electrons. The topological polar surface area (TPSA) is 70.7 Å². The molecule has 0 aromatic heterocycles. The number of carbonyl (C=O) groups excluding carboxylic acids is 2. The zero-order chi connectivity index (χ0) is 24.7. The summed E-state index contributed by atoms with van der Waals surface area (Å²) in [5.41, 5.74) is 2.80. The van der Waals surface area contributed by atoms with Gasteiger partial charge in [-0.2, -0.15) is 0 Å². The van der Waals surface area contributed by atoms with Crippen LogP contribution in [0.4, 0.5) is 24.5 Å². The number of ether oxygens (including phenoxy) is 1. The monoisotopic (exact) mass is 471 g/mol. The SMILES string of the molecule is C[C@@H](C(=O)Nc1ccccc1-c1ccccc1)N(C)CC(=O)Nc1ccc(OC(F)(F)F)cc1. The van der Waals surface area contributed by atoms with Gasteiger partial charge in [0.25, 0.3) is 0 Å². The number of amides is 2. The molecule has 0 saturated carbocycles. The quantitative estimate of drug-likeness (QED) is 0.477. The molecule has 2 N–H and O–H groups in total. The van der Waals surface area contributed by atoms with Crippen molar-refractivity contribution in [2.75, 3.05) is 24.2 Å². The van der Waals surface area contributed by atoms with Crippen LogP contribution < -0.4 is 15.4 Å². The van der Waals surface area contributed by atoms with Crippen LogP contribution in [0.25, 0.3) is 11.1 Å². The molecule has 0 heterocycles. The maximum Gasteiger partial charge on any atom is 0.573 e. The average molecular weight is 471 g/mol. The van der Waals surface area contributed by atoms with Gasteiger partial charge in [0.1, 0.15) is 5.75 Å². The molecule has 9 heteroatoms. The van der Waals surface area contributed by atoms with Gasteiger partial charge in [0.05, 0.1) is 12.6 Å². The fraction of sp³-hybridized carbons (Fsp3) is 0.200. The van der Waals surface area contributed by atoms with Crippen LogP contribution >= 0.6 is 0 Å². The van der Waals surface area contributed by atoms with Crippen molar-refractivity contribution in [1.82, 2.24) is 4.90 Å². The van der Waals surface area contributed by atoms with Gasteiger partial charge < -0.3 is 15.4 Å². The number of benzene rings is 3. The molecule has 6 nitrogen and oxygen atoms in total. The Balaban J connectivity index is 1.57. The van der Waals surface area contributed by atoms with Crippen LogP contribution in [-0.2, 0) is 9.59 Å². The lowest BCUT2D eigenvalue weighted by molar-refractivity contribution is -0.274. The van der Waals surface area contributed by atoms with Gasteiger partial charge in [0, 0.05) is 16.9 Å². The van der Waals surface area contributed by atoms with Crippen molar-refractivity contribution >= 4 is 23.2 Å². The summed E-state index contributed by atoms with van der Waals surface area (Å²) in [4.78, 5) is 26.8. The summed E-state index contributed by atoms with van der Waals surface area (Å²) >= 11 is 0. The van der Waals surface area contributed by atoms with Crippen molar-refractivity contribution in [2.45, 2.75) is 19.3 Å². The van der Waals surface area contributed by atoms with Crippen LogP contribution in [0.5, 0.6) is 5.75 Å². The molecule has 0 fully saturated rings. The highest BCUT2D eigenvalue weighted by Crippen LogP contribution is 2.28. The lowest BCUT2D eigenvalue weighted by atomic mass is 10.0. The second-order valence-electron chi connectivity index (χ2n) is 7.61. The minimum atomic E-state index is -4.79. The summed E-state index contributed by atoms with van der Waals surface area (Å²) in [7, 11) is 1.63. The molecular formula is C25H24F3N3O3. The Morgan fingerprint density at radius 1 is 0.912 bits per heavy atom. The standard InChI is InChI=1S/C25H24F3N3O3/c1-17(24(33)30-22-11-7-6-10-21(22)18-8-4-3-5-9-18)31(2)16-23(32)29-19-12-14-20(15-13-19)34-25(26,27)28/h3-15,17H,16H2,1-2H3,(H,29,32)(H,30,33)/t17-/m0/s1. The first-order valence-corrected chi connectivity index (χ1v) is 10.4. The second kappa shape index (κ2) is 10.8. The van der Waals surface area contributed by atoms with E-state index in [4.69, 9.17) is 0 Å². The van der Waals surface area contributed by atoms with E-state index in [0.717, 1.165) is 23.3 Å². The van der Waals surface area contributed by atoms with Crippen molar-refractivity contribution in [2.24, 2.45) is 0 Å². The molecule has 0 saturated heterocycles. The molecule has 3 aromatic rings. The van der Waals surface area contributed by atoms with Gasteiger partial charge in [0.2, 0.25) is 11.8 Å². The molecular weight excluding hydrogens is 447 g/mol. The summed E-state index contributed by atoms with van der Waals surface area (Å²) in [6.07, 6.45) is -4.79. The van der Waals surface area contributed by atoms with Crippen molar-refractivity contribution in [1.29, 1.82) is 0 Å². The first kappa shape index (κ1) is 24.8. The summed E-state index contributed by atoms with van der Waals surface area (Å²) in [5.74, 6) is -1.09. The van der Waals surface area contributed by atoms with Crippen LogP contribution in [0.15, 0.2) is 78.9 Å². The Kier molecular flexibility index (Phi) is 7.91. The normalized spacial score (nSPS) is 12.2. The van der Waals surface area contributed by atoms with Crippen molar-refractivity contribution < 1.29 is 27.5 Å². The fourth-order valence-corrected chi connectivity index (χ4v) is 3.20. The Bertz CT molecular complexity index is 1120. The van der Waals surface area contributed by atoms with Crippen LogP contribution in [0.1, 0.15) is 6.92 Å². The van der Waals surface area contributed by atoms with Crippen LogP contribution in [0.3, 0.4) is 0 Å². The second-order valence-corrected chi connectivity index (χ2v) is 7.61. The van der Waals surface area contributed by atoms with E-state index in [9.17, 15) is 22.8 Å². The zero-order valence-corrected chi connectivity index (χ0v) is 18.6. The number of halogens is 3. The fourth-order valence-electron chi connectivity index (χ4n) is 3.20. The van der Waals surface area contributed by atoms with Crippen LogP contribution in [-0.4, -0.2) is 42.7 Å². The number of nitrogens with one attached hydrogen (secondary N) is 2. The average Bonchev–Trinajstić information content (AvgIpc) is 2.79. The molecule has 1 atom stereocenters. The first-order valence-electron chi connectivity index (χ1n) is 10.4. The Morgan fingerprint density at radius 2 is 1.53 bits per heavy atom. The lowest BCUT2D eigenvalue weighted by Gasteiger charge is -2.24. The summed E-state index contributed by atoms with van der Waals surface area (Å²) < 4.78 is 40.6. The third-order valence-corrected chi connectivity index (χ3v) is 5.07. The number of anilines is 2. The number of alkyl halides is 3. The zero-order valence-electron chi connectivity index (χ0n) is 18.6. The van der Waals surface area contributed by atoms with Crippen molar-refractivity contribution in [3.63, 3.8) is 0 Å². The Morgan fingerprint density at radius 3 is 2.18 bits per heavy atom. The van der Waals surface area contributed by atoms with E-state index in [2.05, 4.69) is 15.4 Å². The summed E-state index contributed by atoms with van der Waals surface area (Å²) in [6, 6.07) is 21.3. The molecule has 3 rings (SSSR count). The highest BCUT2D eigenvalue weighted by Gasteiger charge is 2.31. The summed E-state index contributed by atoms with van der Waals surface area (Å²) in [5, 5.41) is 5.51. The van der Waals surface area contributed by atoms with Crippen LogP contribution in [0, 0.1) is 0 Å². The molecule has 0 unspecified atom stereocenters. The van der Waals surface area contributed by atoms with E-state index in [1.165, 1.54) is 12.1 Å². The van der Waals surface area contributed by atoms with E-state index >= 15 is 0 Å². The Hall–Kier alpha value is -3.85. The highest BCUT2D eigenvalue weighted by molar-refractivity contribution is 5.99. The van der Waals surface area contributed by atoms with Crippen molar-refractivity contribution in [3.05, 3.63) is 78.9 Å². The molecule has 34 heavy (non-hydrogen) atoms. The van der Waals surface area contributed by atoms with E-state index in [0.29, 0.717) is 11.4 Å².